The fourth-order valence-electron chi connectivity index (χ4n) is 8.23. The first-order valence-electron chi connectivity index (χ1n) is 14.7. The van der Waals surface area contributed by atoms with Crippen molar-refractivity contribution in [1.29, 1.82) is 0 Å². The molecule has 0 spiro atoms. The molecule has 41 heavy (non-hydrogen) atoms. The van der Waals surface area contributed by atoms with E-state index in [0.29, 0.717) is 0 Å². The molecule has 196 valence electrons. The average Bonchev–Trinajstić information content (AvgIpc) is 3.53. The smallest absolute Gasteiger partial charge is 0.0544 e. The van der Waals surface area contributed by atoms with E-state index in [9.17, 15) is 0 Å². The summed E-state index contributed by atoms with van der Waals surface area (Å²) in [5.41, 5.74) is 14.8. The monoisotopic (exact) mass is 525 g/mol. The number of aromatic nitrogens is 1. The van der Waals surface area contributed by atoms with Gasteiger partial charge in [-0.05, 0) is 80.0 Å². The molecule has 9 rings (SSSR count). The molecule has 0 atom stereocenters. The summed E-state index contributed by atoms with van der Waals surface area (Å²) >= 11 is 0. The molecule has 1 aromatic heterocycles. The quantitative estimate of drug-likeness (QED) is 0.201. The summed E-state index contributed by atoms with van der Waals surface area (Å²) in [6, 6.07) is 43.3. The van der Waals surface area contributed by atoms with Crippen LogP contribution in [-0.2, 0) is 10.8 Å². The minimum absolute atomic E-state index is 0.0341. The van der Waals surface area contributed by atoms with Gasteiger partial charge in [-0.3, -0.25) is 0 Å². The molecule has 0 unspecified atom stereocenters. The van der Waals surface area contributed by atoms with Crippen molar-refractivity contribution >= 4 is 32.6 Å². The van der Waals surface area contributed by atoms with Crippen LogP contribution < -0.4 is 0 Å². The molecule has 0 amide bonds. The molecule has 7 aromatic rings. The lowest BCUT2D eigenvalue weighted by molar-refractivity contribution is 0.660. The second-order valence-electron chi connectivity index (χ2n) is 13.0. The van der Waals surface area contributed by atoms with Gasteiger partial charge in [0.15, 0.2) is 0 Å². The number of rotatable bonds is 1. The highest BCUT2D eigenvalue weighted by molar-refractivity contribution is 6.15. The molecule has 0 bridgehead atoms. The van der Waals surface area contributed by atoms with Crippen LogP contribution in [0.2, 0.25) is 0 Å². The minimum Gasteiger partial charge on any atom is -0.309 e. The van der Waals surface area contributed by atoms with Gasteiger partial charge in [-0.15, -0.1) is 0 Å². The van der Waals surface area contributed by atoms with Crippen LogP contribution in [0.15, 0.2) is 115 Å². The van der Waals surface area contributed by atoms with Gasteiger partial charge in [0.1, 0.15) is 0 Å². The van der Waals surface area contributed by atoms with E-state index in [-0.39, 0.29) is 10.8 Å². The van der Waals surface area contributed by atoms with Crippen molar-refractivity contribution in [3.63, 3.8) is 0 Å². The largest absolute Gasteiger partial charge is 0.309 e. The number of hydrogen-bond acceptors (Lipinski definition) is 0. The van der Waals surface area contributed by atoms with Gasteiger partial charge in [-0.25, -0.2) is 0 Å². The van der Waals surface area contributed by atoms with E-state index in [2.05, 4.69) is 148 Å². The topological polar surface area (TPSA) is 4.93 Å². The van der Waals surface area contributed by atoms with Gasteiger partial charge in [0.2, 0.25) is 0 Å². The Morgan fingerprint density at radius 3 is 2.05 bits per heavy atom. The maximum Gasteiger partial charge on any atom is 0.0544 e. The second kappa shape index (κ2) is 7.56. The summed E-state index contributed by atoms with van der Waals surface area (Å²) in [4.78, 5) is 0. The molecule has 2 aliphatic rings. The Morgan fingerprint density at radius 1 is 0.488 bits per heavy atom. The molecular weight excluding hydrogens is 494 g/mol. The van der Waals surface area contributed by atoms with Gasteiger partial charge in [0.25, 0.3) is 0 Å². The summed E-state index contributed by atoms with van der Waals surface area (Å²) in [5, 5.41) is 5.32. The van der Waals surface area contributed by atoms with E-state index < -0.39 is 0 Å². The molecule has 1 nitrogen and oxygen atoms in total. The number of para-hydroxylation sites is 1. The number of benzene rings is 6. The van der Waals surface area contributed by atoms with Crippen molar-refractivity contribution in [2.45, 2.75) is 38.5 Å². The third kappa shape index (κ3) is 2.77. The molecule has 0 fully saturated rings. The van der Waals surface area contributed by atoms with Crippen LogP contribution in [0.25, 0.3) is 60.5 Å². The minimum atomic E-state index is -0.115. The van der Waals surface area contributed by atoms with Crippen LogP contribution in [0.3, 0.4) is 0 Å². The van der Waals surface area contributed by atoms with Crippen LogP contribution in [0.1, 0.15) is 49.9 Å². The third-order valence-electron chi connectivity index (χ3n) is 10.1. The molecule has 1 heterocycles. The molecule has 0 saturated carbocycles. The Hall–Kier alpha value is -4.62. The Bertz CT molecular complexity index is 2260. The normalized spacial score (nSPS) is 15.7. The standard InChI is InChI=1S/C40H31N/c1-39(2)30-16-9-7-14-27(30)36-31(39)17-11-19-34(36)41-33-18-10-8-15-28(33)37-35(41)21-20-26-29-22-24-12-5-6-13-25(24)23-32(29)40(3,4)38(26)37/h5-23H,1-4H3. The van der Waals surface area contributed by atoms with Crippen molar-refractivity contribution < 1.29 is 0 Å². The highest BCUT2D eigenvalue weighted by Crippen LogP contribution is 2.55. The summed E-state index contributed by atoms with van der Waals surface area (Å²) in [5.74, 6) is 0. The van der Waals surface area contributed by atoms with Crippen molar-refractivity contribution in [3.05, 3.63) is 138 Å². The molecule has 1 heteroatoms. The first-order valence-corrected chi connectivity index (χ1v) is 14.7. The second-order valence-corrected chi connectivity index (χ2v) is 13.0. The van der Waals surface area contributed by atoms with Gasteiger partial charge in [-0.2, -0.15) is 0 Å². The molecule has 6 aromatic carbocycles. The Labute approximate surface area is 240 Å². The third-order valence-corrected chi connectivity index (χ3v) is 10.1. The maximum absolute atomic E-state index is 2.54. The summed E-state index contributed by atoms with van der Waals surface area (Å²) < 4.78 is 2.54. The molecule has 0 saturated heterocycles. The molecule has 0 aliphatic heterocycles. The van der Waals surface area contributed by atoms with Gasteiger partial charge < -0.3 is 4.57 Å². The highest BCUT2D eigenvalue weighted by Gasteiger charge is 2.40. The average molecular weight is 526 g/mol. The first-order chi connectivity index (χ1) is 19.9. The van der Waals surface area contributed by atoms with Crippen molar-refractivity contribution in [1.82, 2.24) is 4.57 Å². The number of hydrogen-bond donors (Lipinski definition) is 0. The Morgan fingerprint density at radius 2 is 1.20 bits per heavy atom. The van der Waals surface area contributed by atoms with Crippen LogP contribution >= 0.6 is 0 Å². The van der Waals surface area contributed by atoms with E-state index >= 15 is 0 Å². The highest BCUT2D eigenvalue weighted by atomic mass is 15.0. The van der Waals surface area contributed by atoms with E-state index in [1.807, 2.05) is 0 Å². The van der Waals surface area contributed by atoms with Crippen molar-refractivity contribution in [2.75, 3.05) is 0 Å². The lowest BCUT2D eigenvalue weighted by atomic mass is 9.80. The van der Waals surface area contributed by atoms with Crippen molar-refractivity contribution in [3.8, 4) is 27.9 Å². The predicted molar refractivity (Wildman–Crippen MR) is 173 cm³/mol. The molecule has 0 N–H and O–H groups in total. The predicted octanol–water partition coefficient (Wildman–Crippen LogP) is 10.5. The van der Waals surface area contributed by atoms with E-state index in [1.165, 1.54) is 82.8 Å². The fraction of sp³-hybridized carbons (Fsp3) is 0.150. The fourth-order valence-corrected chi connectivity index (χ4v) is 8.23. The summed E-state index contributed by atoms with van der Waals surface area (Å²) in [6.45, 7) is 9.56. The van der Waals surface area contributed by atoms with Crippen LogP contribution in [-0.4, -0.2) is 4.57 Å². The molecule has 0 radical (unpaired) electrons. The zero-order valence-corrected chi connectivity index (χ0v) is 23.9. The molecule has 2 aliphatic carbocycles. The lowest BCUT2D eigenvalue weighted by Crippen LogP contribution is -2.15. The Balaban J connectivity index is 1.41. The SMILES string of the molecule is CC1(C)c2ccccc2-c2c(-n3c4ccccc4c4c5c(ccc43)-c3cc4ccccc4cc3C5(C)C)cccc21. The molecular formula is C40H31N. The van der Waals surface area contributed by atoms with Gasteiger partial charge in [0, 0.05) is 27.2 Å². The first kappa shape index (κ1) is 23.1. The van der Waals surface area contributed by atoms with Crippen LogP contribution in [0, 0.1) is 0 Å². The number of nitrogens with zero attached hydrogens (tertiary/aromatic N) is 1. The lowest BCUT2D eigenvalue weighted by Gasteiger charge is -2.23. The van der Waals surface area contributed by atoms with Gasteiger partial charge in [0.05, 0.1) is 16.7 Å². The Kier molecular flexibility index (Phi) is 4.26. The maximum atomic E-state index is 2.54. The summed E-state index contributed by atoms with van der Waals surface area (Å²) in [6.07, 6.45) is 0. The van der Waals surface area contributed by atoms with Gasteiger partial charge in [-0.1, -0.05) is 113 Å². The van der Waals surface area contributed by atoms with E-state index in [0.717, 1.165) is 0 Å². The summed E-state index contributed by atoms with van der Waals surface area (Å²) in [7, 11) is 0. The number of fused-ring (bicyclic) bond motifs is 11. The van der Waals surface area contributed by atoms with Crippen LogP contribution in [0.4, 0.5) is 0 Å². The van der Waals surface area contributed by atoms with Gasteiger partial charge >= 0.3 is 0 Å². The van der Waals surface area contributed by atoms with Crippen molar-refractivity contribution in [2.24, 2.45) is 0 Å². The van der Waals surface area contributed by atoms with Crippen LogP contribution in [0.5, 0.6) is 0 Å². The zero-order chi connectivity index (χ0) is 27.7. The van der Waals surface area contributed by atoms with E-state index in [4.69, 9.17) is 0 Å². The zero-order valence-electron chi connectivity index (χ0n) is 23.9. The van der Waals surface area contributed by atoms with E-state index in [1.54, 1.807) is 0 Å².